The van der Waals surface area contributed by atoms with Gasteiger partial charge in [0.2, 0.25) is 15.9 Å². The molecule has 0 saturated carbocycles. The van der Waals surface area contributed by atoms with Gasteiger partial charge in [0.15, 0.2) is 0 Å². The summed E-state index contributed by atoms with van der Waals surface area (Å²) in [5, 5.41) is 4.09. The molecule has 1 aromatic rings. The first-order chi connectivity index (χ1) is 11.3. The standard InChI is InChI=1S/C16H22Cl2N2O3S/c1-2-24(22,23)20-9-6-13(7-10-20)16(21)19-8-5-12-3-4-14(17)11-15(12)18/h3-4,11,13H,2,5-10H2,1H3,(H,19,21). The zero-order chi connectivity index (χ0) is 17.7. The second-order valence-corrected chi connectivity index (χ2v) is 8.95. The van der Waals surface area contributed by atoms with Crippen molar-refractivity contribution in [2.75, 3.05) is 25.4 Å². The lowest BCUT2D eigenvalue weighted by Crippen LogP contribution is -2.43. The fourth-order valence-corrected chi connectivity index (χ4v) is 4.40. The minimum atomic E-state index is -3.16. The van der Waals surface area contributed by atoms with Crippen LogP contribution in [0.5, 0.6) is 0 Å². The molecular weight excluding hydrogens is 371 g/mol. The molecular formula is C16H22Cl2N2O3S. The molecule has 0 aromatic heterocycles. The van der Waals surface area contributed by atoms with Gasteiger partial charge in [-0.05, 0) is 43.9 Å². The van der Waals surface area contributed by atoms with E-state index in [0.717, 1.165) is 5.56 Å². The molecule has 0 unspecified atom stereocenters. The number of hydrogen-bond donors (Lipinski definition) is 1. The van der Waals surface area contributed by atoms with Gasteiger partial charge in [-0.15, -0.1) is 0 Å². The highest BCUT2D eigenvalue weighted by Gasteiger charge is 2.29. The molecule has 1 fully saturated rings. The van der Waals surface area contributed by atoms with Gasteiger partial charge in [-0.3, -0.25) is 4.79 Å². The molecule has 5 nitrogen and oxygen atoms in total. The summed E-state index contributed by atoms with van der Waals surface area (Å²) in [5.74, 6) is -0.0475. The Morgan fingerprint density at radius 2 is 1.96 bits per heavy atom. The van der Waals surface area contributed by atoms with Crippen molar-refractivity contribution in [1.82, 2.24) is 9.62 Å². The Bertz CT molecular complexity index is 687. The molecule has 1 saturated heterocycles. The lowest BCUT2D eigenvalue weighted by Gasteiger charge is -2.30. The number of carbonyl (C=O) groups is 1. The number of benzene rings is 1. The number of hydrogen-bond acceptors (Lipinski definition) is 3. The van der Waals surface area contributed by atoms with Gasteiger partial charge in [-0.2, -0.15) is 0 Å². The van der Waals surface area contributed by atoms with Gasteiger partial charge in [-0.25, -0.2) is 12.7 Å². The Hall–Kier alpha value is -0.820. The number of nitrogens with zero attached hydrogens (tertiary/aromatic N) is 1. The molecule has 1 amide bonds. The number of piperidine rings is 1. The smallest absolute Gasteiger partial charge is 0.223 e. The molecule has 0 bridgehead atoms. The van der Waals surface area contributed by atoms with Crippen LogP contribution in [0.4, 0.5) is 0 Å². The van der Waals surface area contributed by atoms with Crippen LogP contribution >= 0.6 is 23.2 Å². The lowest BCUT2D eigenvalue weighted by atomic mass is 9.97. The average molecular weight is 393 g/mol. The van der Waals surface area contributed by atoms with E-state index in [9.17, 15) is 13.2 Å². The van der Waals surface area contributed by atoms with Crippen LogP contribution in [0.2, 0.25) is 10.0 Å². The molecule has 0 atom stereocenters. The Labute approximate surface area is 153 Å². The first-order valence-electron chi connectivity index (χ1n) is 8.03. The number of amides is 1. The minimum absolute atomic E-state index is 0.0198. The van der Waals surface area contributed by atoms with Gasteiger partial charge in [0.25, 0.3) is 0 Å². The van der Waals surface area contributed by atoms with Crippen molar-refractivity contribution in [1.29, 1.82) is 0 Å². The van der Waals surface area contributed by atoms with Crippen LogP contribution in [0.1, 0.15) is 25.3 Å². The predicted molar refractivity (Wildman–Crippen MR) is 96.9 cm³/mol. The number of halogens is 2. The van der Waals surface area contributed by atoms with Gasteiger partial charge in [0.05, 0.1) is 5.75 Å². The van der Waals surface area contributed by atoms with Crippen molar-refractivity contribution in [3.05, 3.63) is 33.8 Å². The summed E-state index contributed by atoms with van der Waals surface area (Å²) in [6.07, 6.45) is 1.75. The molecule has 1 N–H and O–H groups in total. The van der Waals surface area contributed by atoms with Crippen LogP contribution in [0.15, 0.2) is 18.2 Å². The highest BCUT2D eigenvalue weighted by molar-refractivity contribution is 7.89. The molecule has 0 radical (unpaired) electrons. The second-order valence-electron chi connectivity index (χ2n) is 5.85. The summed E-state index contributed by atoms with van der Waals surface area (Å²) in [6.45, 7) is 2.96. The lowest BCUT2D eigenvalue weighted by molar-refractivity contribution is -0.126. The number of nitrogens with one attached hydrogen (secondary N) is 1. The van der Waals surface area contributed by atoms with Crippen molar-refractivity contribution in [2.24, 2.45) is 5.92 Å². The Morgan fingerprint density at radius 3 is 2.54 bits per heavy atom. The molecule has 0 aliphatic carbocycles. The second kappa shape index (κ2) is 8.52. The number of sulfonamides is 1. The first-order valence-corrected chi connectivity index (χ1v) is 10.4. The number of rotatable bonds is 6. The van der Waals surface area contributed by atoms with Crippen LogP contribution in [0.3, 0.4) is 0 Å². The van der Waals surface area contributed by atoms with E-state index in [0.29, 0.717) is 48.9 Å². The van der Waals surface area contributed by atoms with E-state index in [1.54, 1.807) is 19.1 Å². The van der Waals surface area contributed by atoms with Crippen LogP contribution in [0.25, 0.3) is 0 Å². The van der Waals surface area contributed by atoms with Crippen molar-refractivity contribution in [3.8, 4) is 0 Å². The van der Waals surface area contributed by atoms with Gasteiger partial charge in [0.1, 0.15) is 0 Å². The zero-order valence-electron chi connectivity index (χ0n) is 13.6. The van der Waals surface area contributed by atoms with E-state index in [1.165, 1.54) is 4.31 Å². The Kier molecular flexibility index (Phi) is 6.92. The molecule has 2 rings (SSSR count). The van der Waals surface area contributed by atoms with Crippen molar-refractivity contribution < 1.29 is 13.2 Å². The molecule has 24 heavy (non-hydrogen) atoms. The third-order valence-corrected chi connectivity index (χ3v) is 6.76. The van der Waals surface area contributed by atoms with E-state index in [1.807, 2.05) is 6.07 Å². The highest BCUT2D eigenvalue weighted by Crippen LogP contribution is 2.22. The Morgan fingerprint density at radius 1 is 1.29 bits per heavy atom. The molecule has 0 spiro atoms. The van der Waals surface area contributed by atoms with E-state index in [4.69, 9.17) is 23.2 Å². The molecule has 134 valence electrons. The van der Waals surface area contributed by atoms with Crippen LogP contribution in [-0.2, 0) is 21.2 Å². The molecule has 8 heteroatoms. The fourth-order valence-electron chi connectivity index (χ4n) is 2.77. The van der Waals surface area contributed by atoms with Crippen molar-refractivity contribution >= 4 is 39.1 Å². The molecule has 1 heterocycles. The van der Waals surface area contributed by atoms with Gasteiger partial charge in [-0.1, -0.05) is 29.3 Å². The molecule has 1 aromatic carbocycles. The third kappa shape index (κ3) is 5.09. The van der Waals surface area contributed by atoms with Crippen LogP contribution in [-0.4, -0.2) is 44.0 Å². The summed E-state index contributed by atoms with van der Waals surface area (Å²) in [6, 6.07) is 5.31. The Balaban J connectivity index is 1.78. The minimum Gasteiger partial charge on any atom is -0.356 e. The number of carbonyl (C=O) groups excluding carboxylic acids is 1. The topological polar surface area (TPSA) is 66.5 Å². The van der Waals surface area contributed by atoms with Gasteiger partial charge < -0.3 is 5.32 Å². The summed E-state index contributed by atoms with van der Waals surface area (Å²) in [5.41, 5.74) is 0.935. The normalized spacial score (nSPS) is 17.0. The van der Waals surface area contributed by atoms with Crippen molar-refractivity contribution in [3.63, 3.8) is 0 Å². The summed E-state index contributed by atoms with van der Waals surface area (Å²) < 4.78 is 25.1. The average Bonchev–Trinajstić information content (AvgIpc) is 2.57. The SMILES string of the molecule is CCS(=O)(=O)N1CCC(C(=O)NCCc2ccc(Cl)cc2Cl)CC1. The van der Waals surface area contributed by atoms with Crippen molar-refractivity contribution in [2.45, 2.75) is 26.2 Å². The zero-order valence-corrected chi connectivity index (χ0v) is 15.9. The summed E-state index contributed by atoms with van der Waals surface area (Å²) >= 11 is 12.0. The maximum Gasteiger partial charge on any atom is 0.223 e. The molecule has 1 aliphatic rings. The van der Waals surface area contributed by atoms with E-state index in [-0.39, 0.29) is 17.6 Å². The summed E-state index contributed by atoms with van der Waals surface area (Å²) in [4.78, 5) is 12.2. The van der Waals surface area contributed by atoms with E-state index in [2.05, 4.69) is 5.32 Å². The monoisotopic (exact) mass is 392 g/mol. The first kappa shape index (κ1) is 19.5. The highest BCUT2D eigenvalue weighted by atomic mass is 35.5. The fraction of sp³-hybridized carbons (Fsp3) is 0.562. The predicted octanol–water partition coefficient (Wildman–Crippen LogP) is 2.71. The van der Waals surface area contributed by atoms with E-state index < -0.39 is 10.0 Å². The maximum absolute atomic E-state index is 12.2. The maximum atomic E-state index is 12.2. The van der Waals surface area contributed by atoms with E-state index >= 15 is 0 Å². The quantitative estimate of drug-likeness (QED) is 0.808. The third-order valence-electron chi connectivity index (χ3n) is 4.29. The summed E-state index contributed by atoms with van der Waals surface area (Å²) in [7, 11) is -3.16. The van der Waals surface area contributed by atoms with Crippen LogP contribution < -0.4 is 5.32 Å². The molecule has 1 aliphatic heterocycles. The van der Waals surface area contributed by atoms with Crippen LogP contribution in [0, 0.1) is 5.92 Å². The van der Waals surface area contributed by atoms with Gasteiger partial charge in [0, 0.05) is 35.6 Å². The largest absolute Gasteiger partial charge is 0.356 e. The van der Waals surface area contributed by atoms with Gasteiger partial charge >= 0.3 is 0 Å².